The minimum absolute atomic E-state index is 0.506. The first-order valence-electron chi connectivity index (χ1n) is 4.51. The van der Waals surface area contributed by atoms with E-state index >= 15 is 0 Å². The van der Waals surface area contributed by atoms with Crippen molar-refractivity contribution < 1.29 is 35.9 Å². The number of hydrogen-bond donors (Lipinski definition) is 0. The molecule has 0 unspecified atom stereocenters. The van der Waals surface area contributed by atoms with E-state index in [1.54, 1.807) is 0 Å². The quantitative estimate of drug-likeness (QED) is 0.330. The van der Waals surface area contributed by atoms with E-state index in [9.17, 15) is 31.1 Å². The summed E-state index contributed by atoms with van der Waals surface area (Å²) in [6.07, 6.45) is -11.6. The molecule has 0 aromatic carbocycles. The van der Waals surface area contributed by atoms with Crippen molar-refractivity contribution in [2.45, 2.75) is 25.2 Å². The SMILES string of the molecule is C=CC(=O)OCCCC(C(F)(F)F)C(F)(F)F. The topological polar surface area (TPSA) is 26.3 Å². The standard InChI is InChI=1S/C9H10F6O2/c1-2-7(16)17-5-3-4-6(8(10,11)12)9(13,14)15/h2,6H,1,3-5H2. The predicted octanol–water partition coefficient (Wildman–Crippen LogP) is 3.24. The maximum absolute atomic E-state index is 12.0. The van der Waals surface area contributed by atoms with Crippen LogP contribution in [0.2, 0.25) is 0 Å². The Hall–Kier alpha value is -1.21. The molecule has 0 heterocycles. The Morgan fingerprint density at radius 1 is 1.18 bits per heavy atom. The van der Waals surface area contributed by atoms with Crippen molar-refractivity contribution >= 4 is 5.97 Å². The molecule has 100 valence electrons. The van der Waals surface area contributed by atoms with Crippen LogP contribution >= 0.6 is 0 Å². The fourth-order valence-corrected chi connectivity index (χ4v) is 1.03. The lowest BCUT2D eigenvalue weighted by Crippen LogP contribution is -2.36. The molecule has 0 fully saturated rings. The van der Waals surface area contributed by atoms with E-state index in [0.29, 0.717) is 0 Å². The predicted molar refractivity (Wildman–Crippen MR) is 46.0 cm³/mol. The number of alkyl halides is 6. The highest BCUT2D eigenvalue weighted by Gasteiger charge is 2.55. The van der Waals surface area contributed by atoms with Crippen LogP contribution in [0.15, 0.2) is 12.7 Å². The summed E-state index contributed by atoms with van der Waals surface area (Å²) in [5, 5.41) is 0. The van der Waals surface area contributed by atoms with Gasteiger partial charge in [0.1, 0.15) is 0 Å². The van der Waals surface area contributed by atoms with Gasteiger partial charge in [0.2, 0.25) is 0 Å². The maximum atomic E-state index is 12.0. The van der Waals surface area contributed by atoms with Crippen molar-refractivity contribution in [3.05, 3.63) is 12.7 Å². The lowest BCUT2D eigenvalue weighted by molar-refractivity contribution is -0.286. The van der Waals surface area contributed by atoms with Crippen LogP contribution in [0.5, 0.6) is 0 Å². The third-order valence-electron chi connectivity index (χ3n) is 1.84. The molecular formula is C9H10F6O2. The van der Waals surface area contributed by atoms with Gasteiger partial charge in [-0.25, -0.2) is 4.79 Å². The highest BCUT2D eigenvalue weighted by Crippen LogP contribution is 2.41. The van der Waals surface area contributed by atoms with Gasteiger partial charge in [-0.05, 0) is 12.8 Å². The van der Waals surface area contributed by atoms with Gasteiger partial charge in [-0.15, -0.1) is 0 Å². The Morgan fingerprint density at radius 3 is 2.00 bits per heavy atom. The number of hydrogen-bond acceptors (Lipinski definition) is 2. The van der Waals surface area contributed by atoms with Gasteiger partial charge in [-0.3, -0.25) is 0 Å². The summed E-state index contributed by atoms with van der Waals surface area (Å²) in [5.41, 5.74) is 0. The highest BCUT2D eigenvalue weighted by molar-refractivity contribution is 5.81. The first-order chi connectivity index (χ1) is 7.59. The zero-order valence-electron chi connectivity index (χ0n) is 8.57. The van der Waals surface area contributed by atoms with Crippen molar-refractivity contribution in [2.75, 3.05) is 6.61 Å². The van der Waals surface area contributed by atoms with E-state index in [2.05, 4.69) is 11.3 Å². The second-order valence-corrected chi connectivity index (χ2v) is 3.15. The van der Waals surface area contributed by atoms with Gasteiger partial charge in [-0.1, -0.05) is 6.58 Å². The van der Waals surface area contributed by atoms with Crippen LogP contribution in [-0.4, -0.2) is 24.9 Å². The van der Waals surface area contributed by atoms with Gasteiger partial charge < -0.3 is 4.74 Å². The third kappa shape index (κ3) is 6.18. The third-order valence-corrected chi connectivity index (χ3v) is 1.84. The lowest BCUT2D eigenvalue weighted by Gasteiger charge is -2.22. The summed E-state index contributed by atoms with van der Waals surface area (Å²) in [4.78, 5) is 10.5. The number of ether oxygens (including phenoxy) is 1. The second-order valence-electron chi connectivity index (χ2n) is 3.15. The number of esters is 1. The van der Waals surface area contributed by atoms with Gasteiger partial charge >= 0.3 is 18.3 Å². The van der Waals surface area contributed by atoms with Crippen LogP contribution in [0.25, 0.3) is 0 Å². The van der Waals surface area contributed by atoms with Gasteiger partial charge in [0.25, 0.3) is 0 Å². The van der Waals surface area contributed by atoms with E-state index in [1.807, 2.05) is 0 Å². The molecular weight excluding hydrogens is 254 g/mol. The summed E-state index contributed by atoms with van der Waals surface area (Å²) >= 11 is 0. The van der Waals surface area contributed by atoms with Gasteiger partial charge in [-0.2, -0.15) is 26.3 Å². The monoisotopic (exact) mass is 264 g/mol. The van der Waals surface area contributed by atoms with Crippen LogP contribution < -0.4 is 0 Å². The van der Waals surface area contributed by atoms with Crippen LogP contribution in [0.1, 0.15) is 12.8 Å². The highest BCUT2D eigenvalue weighted by atomic mass is 19.4. The second kappa shape index (κ2) is 5.92. The largest absolute Gasteiger partial charge is 0.463 e. The van der Waals surface area contributed by atoms with Crippen molar-refractivity contribution in [3.8, 4) is 0 Å². The molecule has 0 amide bonds. The molecule has 0 aliphatic heterocycles. The summed E-state index contributed by atoms with van der Waals surface area (Å²) < 4.78 is 76.4. The maximum Gasteiger partial charge on any atom is 0.400 e. The first kappa shape index (κ1) is 15.8. The summed E-state index contributed by atoms with van der Waals surface area (Å²) in [6, 6.07) is 0. The normalized spacial score (nSPS) is 12.6. The Morgan fingerprint density at radius 2 is 1.65 bits per heavy atom. The molecule has 0 aromatic rings. The minimum Gasteiger partial charge on any atom is -0.463 e. The molecule has 8 heteroatoms. The van der Waals surface area contributed by atoms with Gasteiger partial charge in [0.15, 0.2) is 5.92 Å². The van der Waals surface area contributed by atoms with Crippen LogP contribution in [-0.2, 0) is 9.53 Å². The van der Waals surface area contributed by atoms with E-state index in [4.69, 9.17) is 0 Å². The Labute approximate surface area is 93.2 Å². The molecule has 0 aliphatic carbocycles. The molecule has 0 saturated heterocycles. The summed E-state index contributed by atoms with van der Waals surface area (Å²) in [6.45, 7) is 2.51. The van der Waals surface area contributed by atoms with Crippen molar-refractivity contribution in [2.24, 2.45) is 5.92 Å². The van der Waals surface area contributed by atoms with Crippen LogP contribution in [0, 0.1) is 5.92 Å². The molecule has 0 aromatic heterocycles. The zero-order chi connectivity index (χ0) is 13.7. The van der Waals surface area contributed by atoms with Crippen LogP contribution in [0.4, 0.5) is 26.3 Å². The Balaban J connectivity index is 4.21. The number of carbonyl (C=O) groups is 1. The molecule has 2 nitrogen and oxygen atoms in total. The van der Waals surface area contributed by atoms with Gasteiger partial charge in [0.05, 0.1) is 6.61 Å². The lowest BCUT2D eigenvalue weighted by atomic mass is 10.0. The first-order valence-corrected chi connectivity index (χ1v) is 4.51. The average Bonchev–Trinajstić information content (AvgIpc) is 2.12. The molecule has 0 rings (SSSR count). The average molecular weight is 264 g/mol. The molecule has 0 atom stereocenters. The van der Waals surface area contributed by atoms with E-state index in [1.165, 1.54) is 0 Å². The van der Waals surface area contributed by atoms with E-state index in [-0.39, 0.29) is 0 Å². The smallest absolute Gasteiger partial charge is 0.400 e. The number of carbonyl (C=O) groups excluding carboxylic acids is 1. The van der Waals surface area contributed by atoms with Crippen molar-refractivity contribution in [1.82, 2.24) is 0 Å². The molecule has 0 saturated carbocycles. The van der Waals surface area contributed by atoms with Crippen molar-refractivity contribution in [3.63, 3.8) is 0 Å². The summed E-state index contributed by atoms with van der Waals surface area (Å²) in [5.74, 6) is -4.28. The molecule has 0 spiro atoms. The fourth-order valence-electron chi connectivity index (χ4n) is 1.03. The molecule has 0 bridgehead atoms. The zero-order valence-corrected chi connectivity index (χ0v) is 8.57. The molecule has 0 aliphatic rings. The summed E-state index contributed by atoms with van der Waals surface area (Å²) in [7, 11) is 0. The van der Waals surface area contributed by atoms with Gasteiger partial charge in [0, 0.05) is 6.08 Å². The van der Waals surface area contributed by atoms with E-state index in [0.717, 1.165) is 6.08 Å². The fraction of sp³-hybridized carbons (Fsp3) is 0.667. The van der Waals surface area contributed by atoms with Crippen molar-refractivity contribution in [1.29, 1.82) is 0 Å². The molecule has 0 N–H and O–H groups in total. The van der Waals surface area contributed by atoms with E-state index < -0.39 is 43.7 Å². The van der Waals surface area contributed by atoms with Crippen LogP contribution in [0.3, 0.4) is 0 Å². The minimum atomic E-state index is -5.35. The molecule has 0 radical (unpaired) electrons. The number of halogens is 6. The Kier molecular flexibility index (Phi) is 5.50. The number of rotatable bonds is 5. The molecule has 17 heavy (non-hydrogen) atoms. The Bertz CT molecular complexity index is 254.